The van der Waals surface area contributed by atoms with Crippen LogP contribution in [-0.4, -0.2) is 16.7 Å². The van der Waals surface area contributed by atoms with Crippen LogP contribution in [0.4, 0.5) is 0 Å². The van der Waals surface area contributed by atoms with E-state index in [9.17, 15) is 5.11 Å². The van der Waals surface area contributed by atoms with Gasteiger partial charge < -0.3 is 10.1 Å². The highest BCUT2D eigenvalue weighted by molar-refractivity contribution is 5.84. The number of benzene rings is 1. The van der Waals surface area contributed by atoms with E-state index >= 15 is 0 Å². The molecule has 0 spiro atoms. The molecule has 2 rings (SSSR count). The van der Waals surface area contributed by atoms with E-state index in [1.807, 2.05) is 38.2 Å². The highest BCUT2D eigenvalue weighted by Gasteiger charge is 2.22. The van der Waals surface area contributed by atoms with Crippen LogP contribution in [0, 0.1) is 0 Å². The van der Waals surface area contributed by atoms with Crippen LogP contribution in [0.1, 0.15) is 19.4 Å². The maximum atomic E-state index is 9.31. The number of fused-ring (bicyclic) bond motifs is 1. The molecule has 14 heavy (non-hydrogen) atoms. The second kappa shape index (κ2) is 3.14. The smallest absolute Gasteiger partial charge is 0.0523 e. The Morgan fingerprint density at radius 3 is 2.71 bits per heavy atom. The van der Waals surface area contributed by atoms with Crippen molar-refractivity contribution in [1.29, 1.82) is 0 Å². The Bertz CT molecular complexity index is 442. The van der Waals surface area contributed by atoms with E-state index in [1.54, 1.807) is 0 Å². The fourth-order valence-electron chi connectivity index (χ4n) is 1.72. The minimum Gasteiger partial charge on any atom is -0.395 e. The van der Waals surface area contributed by atoms with Gasteiger partial charge in [0.05, 0.1) is 6.61 Å². The molecule has 1 aromatic carbocycles. The summed E-state index contributed by atoms with van der Waals surface area (Å²) in [6.45, 7) is 4.25. The van der Waals surface area contributed by atoms with Crippen molar-refractivity contribution in [3.8, 4) is 0 Å². The fourth-order valence-corrected chi connectivity index (χ4v) is 1.72. The van der Waals surface area contributed by atoms with Crippen LogP contribution in [0.2, 0.25) is 0 Å². The van der Waals surface area contributed by atoms with Crippen LogP contribution < -0.4 is 0 Å². The van der Waals surface area contributed by atoms with Crippen LogP contribution in [-0.2, 0) is 5.41 Å². The molecule has 0 aliphatic carbocycles. The predicted molar refractivity (Wildman–Crippen MR) is 58.4 cm³/mol. The van der Waals surface area contributed by atoms with Crippen molar-refractivity contribution in [2.45, 2.75) is 19.3 Å². The van der Waals surface area contributed by atoms with Gasteiger partial charge in [-0.1, -0.05) is 32.0 Å². The highest BCUT2D eigenvalue weighted by Crippen LogP contribution is 2.29. The molecule has 0 saturated heterocycles. The summed E-state index contributed by atoms with van der Waals surface area (Å²) in [5, 5.41) is 10.5. The summed E-state index contributed by atoms with van der Waals surface area (Å²) in [6.07, 6.45) is 1.99. The lowest BCUT2D eigenvalue weighted by molar-refractivity contribution is 0.219. The lowest BCUT2D eigenvalue weighted by Crippen LogP contribution is -2.21. The molecule has 2 N–H and O–H groups in total. The molecule has 0 atom stereocenters. The minimum absolute atomic E-state index is 0.162. The van der Waals surface area contributed by atoms with Crippen LogP contribution in [0.25, 0.3) is 10.9 Å². The van der Waals surface area contributed by atoms with Gasteiger partial charge >= 0.3 is 0 Å². The van der Waals surface area contributed by atoms with Crippen LogP contribution >= 0.6 is 0 Å². The van der Waals surface area contributed by atoms with Gasteiger partial charge in [-0.2, -0.15) is 0 Å². The Morgan fingerprint density at radius 1 is 1.29 bits per heavy atom. The van der Waals surface area contributed by atoms with Crippen LogP contribution in [0.5, 0.6) is 0 Å². The number of aliphatic hydroxyl groups excluding tert-OH is 1. The Labute approximate surface area is 83.6 Å². The molecule has 2 heteroatoms. The number of aromatic amines is 1. The first-order chi connectivity index (χ1) is 6.65. The molecular formula is C12H15NO. The predicted octanol–water partition coefficient (Wildman–Crippen LogP) is 2.44. The number of H-pyrrole nitrogens is 1. The van der Waals surface area contributed by atoms with Gasteiger partial charge in [-0.05, 0) is 11.6 Å². The largest absolute Gasteiger partial charge is 0.395 e. The second-order valence-corrected chi connectivity index (χ2v) is 4.29. The van der Waals surface area contributed by atoms with Crippen molar-refractivity contribution in [2.24, 2.45) is 0 Å². The zero-order chi connectivity index (χ0) is 10.2. The Hall–Kier alpha value is -1.28. The molecule has 2 aromatic rings. The topological polar surface area (TPSA) is 36.0 Å². The lowest BCUT2D eigenvalue weighted by atomic mass is 9.85. The van der Waals surface area contributed by atoms with Crippen molar-refractivity contribution < 1.29 is 5.11 Å². The molecule has 0 aliphatic heterocycles. The average molecular weight is 189 g/mol. The van der Waals surface area contributed by atoms with Gasteiger partial charge in [-0.3, -0.25) is 0 Å². The number of rotatable bonds is 2. The molecule has 2 nitrogen and oxygen atoms in total. The monoisotopic (exact) mass is 189 g/mol. The molecule has 0 bridgehead atoms. The number of nitrogens with one attached hydrogen (secondary N) is 1. The first-order valence-corrected chi connectivity index (χ1v) is 4.82. The van der Waals surface area contributed by atoms with E-state index in [1.165, 1.54) is 10.9 Å². The number of hydrogen-bond donors (Lipinski definition) is 2. The third-order valence-electron chi connectivity index (χ3n) is 2.71. The molecule has 0 unspecified atom stereocenters. The lowest BCUT2D eigenvalue weighted by Gasteiger charge is -2.20. The van der Waals surface area contributed by atoms with E-state index < -0.39 is 0 Å². The zero-order valence-corrected chi connectivity index (χ0v) is 8.54. The molecule has 0 aliphatic rings. The van der Waals surface area contributed by atoms with Crippen molar-refractivity contribution >= 4 is 10.9 Å². The van der Waals surface area contributed by atoms with Gasteiger partial charge in [0.2, 0.25) is 0 Å². The molecule has 0 amide bonds. The summed E-state index contributed by atoms with van der Waals surface area (Å²) >= 11 is 0. The second-order valence-electron chi connectivity index (χ2n) is 4.29. The van der Waals surface area contributed by atoms with Gasteiger partial charge in [-0.25, -0.2) is 0 Å². The minimum atomic E-state index is -0.181. The van der Waals surface area contributed by atoms with E-state index in [-0.39, 0.29) is 12.0 Å². The Balaban J connectivity index is 2.64. The normalized spacial score (nSPS) is 12.2. The molecule has 0 fully saturated rings. The van der Waals surface area contributed by atoms with E-state index in [4.69, 9.17) is 0 Å². The molecule has 1 heterocycles. The van der Waals surface area contributed by atoms with Crippen LogP contribution in [0.15, 0.2) is 30.5 Å². The van der Waals surface area contributed by atoms with Gasteiger partial charge in [0.15, 0.2) is 0 Å². The fraction of sp³-hybridized carbons (Fsp3) is 0.333. The standard InChI is InChI=1S/C12H15NO/c1-12(2,8-14)10-7-13-11-6-4-3-5-9(10)11/h3-7,13-14H,8H2,1-2H3. The number of hydrogen-bond acceptors (Lipinski definition) is 1. The molecule has 1 aromatic heterocycles. The number of aliphatic hydroxyl groups is 1. The summed E-state index contributed by atoms with van der Waals surface area (Å²) in [6, 6.07) is 8.16. The van der Waals surface area contributed by atoms with Crippen molar-refractivity contribution in [3.05, 3.63) is 36.0 Å². The maximum Gasteiger partial charge on any atom is 0.0523 e. The summed E-state index contributed by atoms with van der Waals surface area (Å²) in [5.41, 5.74) is 2.12. The van der Waals surface area contributed by atoms with Gasteiger partial charge in [0.1, 0.15) is 0 Å². The van der Waals surface area contributed by atoms with Crippen molar-refractivity contribution in [1.82, 2.24) is 4.98 Å². The molecule has 0 saturated carbocycles. The maximum absolute atomic E-state index is 9.31. The van der Waals surface area contributed by atoms with E-state index in [0.29, 0.717) is 0 Å². The first-order valence-electron chi connectivity index (χ1n) is 4.82. The van der Waals surface area contributed by atoms with Crippen LogP contribution in [0.3, 0.4) is 0 Å². The third-order valence-corrected chi connectivity index (χ3v) is 2.71. The van der Waals surface area contributed by atoms with E-state index in [0.717, 1.165) is 5.52 Å². The summed E-state index contributed by atoms with van der Waals surface area (Å²) in [4.78, 5) is 3.22. The van der Waals surface area contributed by atoms with Crippen molar-refractivity contribution in [2.75, 3.05) is 6.61 Å². The van der Waals surface area contributed by atoms with E-state index in [2.05, 4.69) is 11.1 Å². The number of para-hydroxylation sites is 1. The summed E-state index contributed by atoms with van der Waals surface area (Å²) in [7, 11) is 0. The van der Waals surface area contributed by atoms with Gasteiger partial charge in [0.25, 0.3) is 0 Å². The summed E-state index contributed by atoms with van der Waals surface area (Å²) in [5.74, 6) is 0. The quantitative estimate of drug-likeness (QED) is 0.747. The zero-order valence-electron chi connectivity index (χ0n) is 8.54. The van der Waals surface area contributed by atoms with Crippen molar-refractivity contribution in [3.63, 3.8) is 0 Å². The first kappa shape index (κ1) is 9.28. The third kappa shape index (κ3) is 1.32. The van der Waals surface area contributed by atoms with Gasteiger partial charge in [0, 0.05) is 22.5 Å². The van der Waals surface area contributed by atoms with Gasteiger partial charge in [-0.15, -0.1) is 0 Å². The SMILES string of the molecule is CC(C)(CO)c1c[nH]c2ccccc12. The Morgan fingerprint density at radius 2 is 2.00 bits per heavy atom. The molecular weight excluding hydrogens is 174 g/mol. The average Bonchev–Trinajstić information content (AvgIpc) is 2.61. The molecule has 74 valence electrons. The highest BCUT2D eigenvalue weighted by atomic mass is 16.3. The Kier molecular flexibility index (Phi) is 2.08. The number of aromatic nitrogens is 1. The summed E-state index contributed by atoms with van der Waals surface area (Å²) < 4.78 is 0. The molecule has 0 radical (unpaired) electrons.